The summed E-state index contributed by atoms with van der Waals surface area (Å²) in [5, 5.41) is 11.2. The number of aliphatic hydroxyl groups is 1. The summed E-state index contributed by atoms with van der Waals surface area (Å²) in [6.45, 7) is 0.631. The normalized spacial score (nSPS) is 30.1. The summed E-state index contributed by atoms with van der Waals surface area (Å²) in [6, 6.07) is 8.53. The Morgan fingerprint density at radius 3 is 2.39 bits per heavy atom. The third-order valence-corrected chi connectivity index (χ3v) is 5.35. The molecule has 98 valence electrons. The van der Waals surface area contributed by atoms with Crippen molar-refractivity contribution in [3.63, 3.8) is 0 Å². The number of rotatable bonds is 2. The zero-order chi connectivity index (χ0) is 12.6. The average Bonchev–Trinajstić information content (AvgIpc) is 2.89. The Morgan fingerprint density at radius 2 is 1.72 bits per heavy atom. The van der Waals surface area contributed by atoms with E-state index in [4.69, 9.17) is 5.73 Å². The molecule has 2 heteroatoms. The number of fused-ring (bicyclic) bond motifs is 1. The molecule has 0 heterocycles. The molecule has 1 saturated carbocycles. The van der Waals surface area contributed by atoms with Crippen molar-refractivity contribution in [1.82, 2.24) is 0 Å². The van der Waals surface area contributed by atoms with Crippen molar-refractivity contribution in [3.05, 3.63) is 35.4 Å². The van der Waals surface area contributed by atoms with Crippen LogP contribution in [0.25, 0.3) is 0 Å². The molecule has 1 atom stereocenters. The summed E-state index contributed by atoms with van der Waals surface area (Å²) in [5.41, 5.74) is 8.18. The van der Waals surface area contributed by atoms with Crippen LogP contribution in [0.4, 0.5) is 0 Å². The number of hydrogen-bond donors (Lipinski definition) is 2. The lowest BCUT2D eigenvalue weighted by atomic mass is 9.63. The van der Waals surface area contributed by atoms with Crippen LogP contribution in [0.5, 0.6) is 0 Å². The molecule has 1 fully saturated rings. The van der Waals surface area contributed by atoms with Crippen LogP contribution in [0.3, 0.4) is 0 Å². The Balaban J connectivity index is 1.93. The second kappa shape index (κ2) is 4.36. The van der Waals surface area contributed by atoms with Crippen molar-refractivity contribution in [1.29, 1.82) is 0 Å². The third kappa shape index (κ3) is 1.70. The minimum Gasteiger partial charge on any atom is -0.389 e. The summed E-state index contributed by atoms with van der Waals surface area (Å²) >= 11 is 0. The molecule has 1 unspecified atom stereocenters. The van der Waals surface area contributed by atoms with Crippen LogP contribution < -0.4 is 5.73 Å². The van der Waals surface area contributed by atoms with Gasteiger partial charge in [0.2, 0.25) is 0 Å². The molecule has 0 aromatic heterocycles. The van der Waals surface area contributed by atoms with Crippen LogP contribution in [-0.2, 0) is 12.8 Å². The first-order valence-electron chi connectivity index (χ1n) is 7.18. The Labute approximate surface area is 109 Å². The van der Waals surface area contributed by atoms with Gasteiger partial charge in [0.25, 0.3) is 0 Å². The molecular formula is C16H23NO. The van der Waals surface area contributed by atoms with E-state index < -0.39 is 5.60 Å². The van der Waals surface area contributed by atoms with Gasteiger partial charge in [-0.25, -0.2) is 0 Å². The molecule has 2 aliphatic rings. The largest absolute Gasteiger partial charge is 0.389 e. The van der Waals surface area contributed by atoms with E-state index in [-0.39, 0.29) is 5.41 Å². The zero-order valence-electron chi connectivity index (χ0n) is 11.0. The van der Waals surface area contributed by atoms with Gasteiger partial charge < -0.3 is 10.8 Å². The predicted molar refractivity (Wildman–Crippen MR) is 73.4 cm³/mol. The Hall–Kier alpha value is -0.860. The van der Waals surface area contributed by atoms with Gasteiger partial charge in [-0.2, -0.15) is 0 Å². The van der Waals surface area contributed by atoms with E-state index in [9.17, 15) is 5.11 Å². The predicted octanol–water partition coefficient (Wildman–Crippen LogP) is 2.43. The highest BCUT2D eigenvalue weighted by molar-refractivity contribution is 5.32. The minimum absolute atomic E-state index is 0.0273. The molecule has 0 amide bonds. The van der Waals surface area contributed by atoms with Gasteiger partial charge in [-0.3, -0.25) is 0 Å². The van der Waals surface area contributed by atoms with Crippen molar-refractivity contribution in [2.45, 2.75) is 50.5 Å². The highest BCUT2D eigenvalue weighted by Gasteiger charge is 2.51. The van der Waals surface area contributed by atoms with Crippen LogP contribution in [0, 0.1) is 5.41 Å². The second-order valence-electron chi connectivity index (χ2n) is 6.17. The zero-order valence-corrected chi connectivity index (χ0v) is 11.0. The first-order valence-corrected chi connectivity index (χ1v) is 7.18. The molecule has 3 N–H and O–H groups in total. The van der Waals surface area contributed by atoms with Gasteiger partial charge in [0.05, 0.1) is 5.60 Å². The maximum Gasteiger partial charge on any atom is 0.0759 e. The lowest BCUT2D eigenvalue weighted by Gasteiger charge is -2.47. The summed E-state index contributed by atoms with van der Waals surface area (Å²) in [6.07, 6.45) is 7.31. The summed E-state index contributed by atoms with van der Waals surface area (Å²) in [7, 11) is 0. The number of aryl methyl sites for hydroxylation is 1. The molecule has 0 bridgehead atoms. The first kappa shape index (κ1) is 12.2. The fourth-order valence-corrected chi connectivity index (χ4v) is 4.08. The topological polar surface area (TPSA) is 46.2 Å². The SMILES string of the molecule is NCC1(C2(O)CCc3ccccc3C2)CCCC1. The molecule has 1 aromatic rings. The van der Waals surface area contributed by atoms with E-state index in [0.29, 0.717) is 6.54 Å². The van der Waals surface area contributed by atoms with E-state index in [2.05, 4.69) is 24.3 Å². The van der Waals surface area contributed by atoms with Crippen molar-refractivity contribution in [2.24, 2.45) is 11.1 Å². The number of nitrogens with two attached hydrogens (primary N) is 1. The maximum atomic E-state index is 11.2. The summed E-state index contributed by atoms with van der Waals surface area (Å²) in [4.78, 5) is 0. The molecule has 2 nitrogen and oxygen atoms in total. The lowest BCUT2D eigenvalue weighted by Crippen LogP contribution is -2.54. The molecule has 0 saturated heterocycles. The van der Waals surface area contributed by atoms with Crippen molar-refractivity contribution in [3.8, 4) is 0 Å². The first-order chi connectivity index (χ1) is 8.69. The molecule has 0 spiro atoms. The fourth-order valence-electron chi connectivity index (χ4n) is 4.08. The molecule has 18 heavy (non-hydrogen) atoms. The van der Waals surface area contributed by atoms with Gasteiger partial charge in [0.15, 0.2) is 0 Å². The van der Waals surface area contributed by atoms with Gasteiger partial charge in [-0.15, -0.1) is 0 Å². The van der Waals surface area contributed by atoms with Crippen LogP contribution >= 0.6 is 0 Å². The monoisotopic (exact) mass is 245 g/mol. The van der Waals surface area contributed by atoms with Crippen LogP contribution in [-0.4, -0.2) is 17.3 Å². The molecule has 3 rings (SSSR count). The van der Waals surface area contributed by atoms with E-state index in [1.807, 2.05) is 0 Å². The number of benzene rings is 1. The van der Waals surface area contributed by atoms with Crippen molar-refractivity contribution in [2.75, 3.05) is 6.54 Å². The average molecular weight is 245 g/mol. The van der Waals surface area contributed by atoms with Crippen molar-refractivity contribution >= 4 is 0 Å². The van der Waals surface area contributed by atoms with Crippen molar-refractivity contribution < 1.29 is 5.11 Å². The number of hydrogen-bond acceptors (Lipinski definition) is 2. The minimum atomic E-state index is -0.577. The highest BCUT2D eigenvalue weighted by Crippen LogP contribution is 2.50. The maximum absolute atomic E-state index is 11.2. The van der Waals surface area contributed by atoms with Crippen LogP contribution in [0.2, 0.25) is 0 Å². The van der Waals surface area contributed by atoms with E-state index in [0.717, 1.165) is 32.1 Å². The molecule has 2 aliphatic carbocycles. The lowest BCUT2D eigenvalue weighted by molar-refractivity contribution is -0.0879. The second-order valence-corrected chi connectivity index (χ2v) is 6.17. The van der Waals surface area contributed by atoms with Gasteiger partial charge >= 0.3 is 0 Å². The Kier molecular flexibility index (Phi) is 2.95. The fraction of sp³-hybridized carbons (Fsp3) is 0.625. The Bertz CT molecular complexity index is 436. The Morgan fingerprint density at radius 1 is 1.06 bits per heavy atom. The van der Waals surface area contributed by atoms with Crippen LogP contribution in [0.1, 0.15) is 43.2 Å². The van der Waals surface area contributed by atoms with E-state index in [1.54, 1.807) is 0 Å². The highest BCUT2D eigenvalue weighted by atomic mass is 16.3. The molecule has 0 aliphatic heterocycles. The van der Waals surface area contributed by atoms with E-state index >= 15 is 0 Å². The smallest absolute Gasteiger partial charge is 0.0759 e. The standard InChI is InChI=1S/C16H23NO/c17-12-15(8-3-4-9-15)16(18)10-7-13-5-1-2-6-14(13)11-16/h1-2,5-6,18H,3-4,7-12,17H2. The molecular weight excluding hydrogens is 222 g/mol. The van der Waals surface area contributed by atoms with Gasteiger partial charge in [-0.05, 0) is 36.8 Å². The quantitative estimate of drug-likeness (QED) is 0.840. The van der Waals surface area contributed by atoms with E-state index in [1.165, 1.54) is 24.0 Å². The van der Waals surface area contributed by atoms with Gasteiger partial charge in [-0.1, -0.05) is 37.1 Å². The third-order valence-electron chi connectivity index (χ3n) is 5.35. The molecule has 1 aromatic carbocycles. The van der Waals surface area contributed by atoms with Crippen LogP contribution in [0.15, 0.2) is 24.3 Å². The summed E-state index contributed by atoms with van der Waals surface area (Å²) < 4.78 is 0. The molecule has 0 radical (unpaired) electrons. The van der Waals surface area contributed by atoms with Gasteiger partial charge in [0.1, 0.15) is 0 Å². The van der Waals surface area contributed by atoms with Gasteiger partial charge in [0, 0.05) is 18.4 Å². The summed E-state index contributed by atoms with van der Waals surface area (Å²) in [5.74, 6) is 0.